The fourth-order valence-electron chi connectivity index (χ4n) is 4.32. The predicted molar refractivity (Wildman–Crippen MR) is 107 cm³/mol. The summed E-state index contributed by atoms with van der Waals surface area (Å²) < 4.78 is 9.42. The van der Waals surface area contributed by atoms with E-state index in [1.165, 1.54) is 11.5 Å². The minimum absolute atomic E-state index is 0.118. The van der Waals surface area contributed by atoms with Gasteiger partial charge in [-0.05, 0) is 48.6 Å². The van der Waals surface area contributed by atoms with Gasteiger partial charge in [0, 0.05) is 36.9 Å². The highest BCUT2D eigenvalue weighted by molar-refractivity contribution is 7.03. The number of ether oxygens (including phenoxy) is 1. The lowest BCUT2D eigenvalue weighted by atomic mass is 9.87. The van der Waals surface area contributed by atoms with Gasteiger partial charge in [0.2, 0.25) is 5.91 Å². The summed E-state index contributed by atoms with van der Waals surface area (Å²) in [4.78, 5) is 17.0. The summed E-state index contributed by atoms with van der Waals surface area (Å²) in [6.45, 7) is 3.12. The molecule has 0 aliphatic carbocycles. The second-order valence-electron chi connectivity index (χ2n) is 7.65. The zero-order chi connectivity index (χ0) is 19.5. The highest BCUT2D eigenvalue weighted by atomic mass is 32.1. The predicted octanol–water partition coefficient (Wildman–Crippen LogP) is 1.71. The molecule has 3 atom stereocenters. The quantitative estimate of drug-likeness (QED) is 0.820. The SMILES string of the molecule is COc1cccc([C@@H]2CN(C(=O)CN3CCCC(O)C3)C[C@H]2c2csnn2)c1. The third-order valence-electron chi connectivity index (χ3n) is 5.79. The van der Waals surface area contributed by atoms with Gasteiger partial charge >= 0.3 is 0 Å². The van der Waals surface area contributed by atoms with Crippen LogP contribution in [0.5, 0.6) is 5.75 Å². The summed E-state index contributed by atoms with van der Waals surface area (Å²) in [6.07, 6.45) is 1.44. The van der Waals surface area contributed by atoms with Gasteiger partial charge in [0.05, 0.1) is 25.5 Å². The summed E-state index contributed by atoms with van der Waals surface area (Å²) >= 11 is 1.34. The van der Waals surface area contributed by atoms with Gasteiger partial charge < -0.3 is 14.7 Å². The van der Waals surface area contributed by atoms with Crippen molar-refractivity contribution < 1.29 is 14.6 Å². The van der Waals surface area contributed by atoms with Gasteiger partial charge in [-0.25, -0.2) is 0 Å². The van der Waals surface area contributed by atoms with E-state index >= 15 is 0 Å². The molecule has 28 heavy (non-hydrogen) atoms. The van der Waals surface area contributed by atoms with Gasteiger partial charge in [-0.15, -0.1) is 5.10 Å². The van der Waals surface area contributed by atoms with E-state index in [1.54, 1.807) is 7.11 Å². The van der Waals surface area contributed by atoms with Gasteiger partial charge in [-0.3, -0.25) is 9.69 Å². The maximum absolute atomic E-state index is 13.0. The summed E-state index contributed by atoms with van der Waals surface area (Å²) in [5, 5.41) is 16.1. The van der Waals surface area contributed by atoms with Crippen molar-refractivity contribution in [2.75, 3.05) is 39.8 Å². The second-order valence-corrected chi connectivity index (χ2v) is 8.26. The normalized spacial score (nSPS) is 25.8. The lowest BCUT2D eigenvalue weighted by molar-refractivity contribution is -0.132. The van der Waals surface area contributed by atoms with Gasteiger partial charge in [-0.2, -0.15) is 0 Å². The van der Waals surface area contributed by atoms with E-state index in [9.17, 15) is 9.90 Å². The molecule has 1 aromatic heterocycles. The first-order chi connectivity index (χ1) is 13.6. The van der Waals surface area contributed by atoms with Gasteiger partial charge in [0.15, 0.2) is 0 Å². The number of carbonyl (C=O) groups is 1. The van der Waals surface area contributed by atoms with Crippen LogP contribution in [0.4, 0.5) is 0 Å². The lowest BCUT2D eigenvalue weighted by Gasteiger charge is -2.30. The molecule has 2 aliphatic heterocycles. The van der Waals surface area contributed by atoms with Crippen LogP contribution in [-0.4, -0.2) is 76.3 Å². The number of hydrogen-bond acceptors (Lipinski definition) is 7. The van der Waals surface area contributed by atoms with Gasteiger partial charge in [0.25, 0.3) is 0 Å². The Bertz CT molecular complexity index is 801. The number of nitrogens with zero attached hydrogens (tertiary/aromatic N) is 4. The van der Waals surface area contributed by atoms with E-state index in [0.717, 1.165) is 36.4 Å². The van der Waals surface area contributed by atoms with Crippen LogP contribution in [0.25, 0.3) is 0 Å². The first-order valence-electron chi connectivity index (χ1n) is 9.73. The molecular formula is C20H26N4O3S. The monoisotopic (exact) mass is 402 g/mol. The second kappa shape index (κ2) is 8.55. The first kappa shape index (κ1) is 19.3. The van der Waals surface area contributed by atoms with Crippen molar-refractivity contribution in [2.24, 2.45) is 0 Å². The number of aromatic nitrogens is 2. The van der Waals surface area contributed by atoms with Crippen LogP contribution in [0.3, 0.4) is 0 Å². The number of amides is 1. The minimum atomic E-state index is -0.321. The van der Waals surface area contributed by atoms with Crippen LogP contribution < -0.4 is 4.74 Å². The molecule has 0 saturated carbocycles. The number of methoxy groups -OCH3 is 1. The number of carbonyl (C=O) groups excluding carboxylic acids is 1. The molecule has 1 aromatic carbocycles. The van der Waals surface area contributed by atoms with Crippen LogP contribution in [0, 0.1) is 0 Å². The molecule has 8 heteroatoms. The standard InChI is InChI=1S/C20H26N4O3S/c1-27-16-6-2-4-14(8-16)17-10-24(11-18(17)19-13-28-22-21-19)20(26)12-23-7-3-5-15(25)9-23/h2,4,6,8,13,15,17-18,25H,3,5,7,9-12H2,1H3/t15?,17-,18+/m0/s1. The van der Waals surface area contributed by atoms with E-state index in [-0.39, 0.29) is 23.8 Å². The van der Waals surface area contributed by atoms with Crippen molar-refractivity contribution in [1.82, 2.24) is 19.4 Å². The molecule has 0 bridgehead atoms. The minimum Gasteiger partial charge on any atom is -0.497 e. The Labute approximate surface area is 169 Å². The topological polar surface area (TPSA) is 78.8 Å². The molecule has 0 spiro atoms. The number of aliphatic hydroxyl groups is 1. The van der Waals surface area contributed by atoms with E-state index in [1.807, 2.05) is 28.5 Å². The molecule has 1 N–H and O–H groups in total. The number of β-amino-alcohol motifs (C(OH)–C–C–N with tert-alkyl or cyclic N) is 1. The maximum Gasteiger partial charge on any atom is 0.236 e. The molecule has 1 unspecified atom stereocenters. The highest BCUT2D eigenvalue weighted by Crippen LogP contribution is 2.40. The van der Waals surface area contributed by atoms with Crippen molar-refractivity contribution in [1.29, 1.82) is 0 Å². The molecule has 3 heterocycles. The average molecular weight is 403 g/mol. The van der Waals surface area contributed by atoms with Crippen LogP contribution in [0.1, 0.15) is 35.9 Å². The Morgan fingerprint density at radius 2 is 2.18 bits per heavy atom. The van der Waals surface area contributed by atoms with Crippen molar-refractivity contribution in [3.63, 3.8) is 0 Å². The van der Waals surface area contributed by atoms with E-state index in [4.69, 9.17) is 4.74 Å². The molecule has 150 valence electrons. The number of hydrogen-bond donors (Lipinski definition) is 1. The third kappa shape index (κ3) is 4.19. The lowest BCUT2D eigenvalue weighted by Crippen LogP contribution is -2.45. The Morgan fingerprint density at radius 3 is 2.93 bits per heavy atom. The molecule has 4 rings (SSSR count). The maximum atomic E-state index is 13.0. The van der Waals surface area contributed by atoms with Gasteiger partial charge in [0.1, 0.15) is 5.75 Å². The zero-order valence-corrected chi connectivity index (χ0v) is 16.8. The number of likely N-dealkylation sites (tertiary alicyclic amines) is 2. The number of piperidine rings is 1. The van der Waals surface area contributed by atoms with E-state index in [0.29, 0.717) is 26.2 Å². The number of rotatable bonds is 5. The fourth-order valence-corrected chi connectivity index (χ4v) is 4.83. The van der Waals surface area contributed by atoms with Crippen molar-refractivity contribution in [3.8, 4) is 5.75 Å². The summed E-state index contributed by atoms with van der Waals surface area (Å²) in [5.41, 5.74) is 2.10. The van der Waals surface area contributed by atoms with E-state index < -0.39 is 0 Å². The van der Waals surface area contributed by atoms with Crippen LogP contribution in [0.2, 0.25) is 0 Å². The summed E-state index contributed by atoms with van der Waals surface area (Å²) in [5.74, 6) is 1.23. The van der Waals surface area contributed by atoms with Crippen molar-refractivity contribution in [3.05, 3.63) is 40.9 Å². The highest BCUT2D eigenvalue weighted by Gasteiger charge is 2.39. The molecule has 2 saturated heterocycles. The van der Waals surface area contributed by atoms with Crippen LogP contribution in [-0.2, 0) is 4.79 Å². The molecule has 0 radical (unpaired) electrons. The summed E-state index contributed by atoms with van der Waals surface area (Å²) in [6, 6.07) is 8.06. The van der Waals surface area contributed by atoms with Crippen molar-refractivity contribution >= 4 is 17.4 Å². The Morgan fingerprint density at radius 1 is 1.32 bits per heavy atom. The van der Waals surface area contributed by atoms with Crippen LogP contribution in [0.15, 0.2) is 29.6 Å². The number of benzene rings is 1. The van der Waals surface area contributed by atoms with Crippen molar-refractivity contribution in [2.45, 2.75) is 30.8 Å². The fraction of sp³-hybridized carbons (Fsp3) is 0.550. The Balaban J connectivity index is 1.51. The number of aliphatic hydroxyl groups excluding tert-OH is 1. The molecule has 7 nitrogen and oxygen atoms in total. The smallest absolute Gasteiger partial charge is 0.236 e. The molecule has 2 aromatic rings. The zero-order valence-electron chi connectivity index (χ0n) is 16.0. The average Bonchev–Trinajstić information content (AvgIpc) is 3.37. The third-order valence-corrected chi connectivity index (χ3v) is 6.31. The van der Waals surface area contributed by atoms with Gasteiger partial charge in [-0.1, -0.05) is 16.6 Å². The molecular weight excluding hydrogens is 376 g/mol. The van der Waals surface area contributed by atoms with Crippen LogP contribution >= 0.6 is 11.5 Å². The molecule has 2 aliphatic rings. The first-order valence-corrected chi connectivity index (χ1v) is 10.6. The van der Waals surface area contributed by atoms with E-state index in [2.05, 4.69) is 20.6 Å². The largest absolute Gasteiger partial charge is 0.497 e. The Kier molecular flexibility index (Phi) is 5.89. The summed E-state index contributed by atoms with van der Waals surface area (Å²) in [7, 11) is 1.67. The Hall–Kier alpha value is -2.03. The molecule has 2 fully saturated rings. The molecule has 1 amide bonds.